The summed E-state index contributed by atoms with van der Waals surface area (Å²) in [4.78, 5) is 0. The van der Waals surface area contributed by atoms with Crippen molar-refractivity contribution in [3.05, 3.63) is 54.1 Å². The van der Waals surface area contributed by atoms with Crippen LogP contribution >= 0.6 is 0 Å². The molecule has 0 amide bonds. The van der Waals surface area contributed by atoms with Gasteiger partial charge in [0.05, 0.1) is 6.04 Å². The van der Waals surface area contributed by atoms with Gasteiger partial charge in [0.15, 0.2) is 6.04 Å². The number of aryl methyl sites for hydroxylation is 1. The minimum atomic E-state index is 0.298. The molecule has 2 heteroatoms. The third kappa shape index (κ3) is 2.74. The summed E-state index contributed by atoms with van der Waals surface area (Å²) in [7, 11) is 1.97. The third-order valence-corrected chi connectivity index (χ3v) is 2.77. The van der Waals surface area contributed by atoms with E-state index in [0.29, 0.717) is 12.1 Å². The van der Waals surface area contributed by atoms with Gasteiger partial charge >= 0.3 is 0 Å². The molecule has 1 radical (unpaired) electrons. The minimum absolute atomic E-state index is 0.298. The molecule has 83 valence electrons. The van der Waals surface area contributed by atoms with Crippen molar-refractivity contribution in [1.29, 1.82) is 0 Å². The highest BCUT2D eigenvalue weighted by Gasteiger charge is 2.11. The molecule has 0 spiro atoms. The van der Waals surface area contributed by atoms with Crippen molar-refractivity contribution in [3.63, 3.8) is 0 Å². The highest BCUT2D eigenvalue weighted by molar-refractivity contribution is 5.47. The quantitative estimate of drug-likeness (QED) is 0.728. The van der Waals surface area contributed by atoms with Crippen LogP contribution in [0.15, 0.2) is 48.6 Å². The summed E-state index contributed by atoms with van der Waals surface area (Å²) < 4.78 is 0. The van der Waals surface area contributed by atoms with Crippen LogP contribution in [0.3, 0.4) is 0 Å². The predicted octanol–water partition coefficient (Wildman–Crippen LogP) is 1.25. The fraction of sp³-hybridized carbons (Fsp3) is 0.286. The molecule has 2 N–H and O–H groups in total. The van der Waals surface area contributed by atoms with E-state index in [1.807, 2.05) is 7.05 Å². The lowest BCUT2D eigenvalue weighted by molar-refractivity contribution is -0.642. The van der Waals surface area contributed by atoms with Gasteiger partial charge in [0.2, 0.25) is 0 Å². The fourth-order valence-electron chi connectivity index (χ4n) is 1.74. The van der Waals surface area contributed by atoms with E-state index in [4.69, 9.17) is 0 Å². The van der Waals surface area contributed by atoms with Gasteiger partial charge in [-0.3, -0.25) is 0 Å². The molecule has 0 saturated heterocycles. The molecule has 1 aliphatic carbocycles. The van der Waals surface area contributed by atoms with Crippen LogP contribution in [0.5, 0.6) is 0 Å². The van der Waals surface area contributed by atoms with E-state index < -0.39 is 0 Å². The number of nitrogens with one attached hydrogen (secondary N) is 2. The van der Waals surface area contributed by atoms with E-state index in [-0.39, 0.29) is 0 Å². The normalized spacial score (nSPS) is 23.4. The molecule has 0 bridgehead atoms. The smallest absolute Gasteiger partial charge is 0.167 e. The molecule has 0 aliphatic heterocycles. The lowest BCUT2D eigenvalue weighted by Gasteiger charge is -2.16. The molecule has 2 rings (SSSR count). The number of rotatable bonds is 3. The first-order chi connectivity index (χ1) is 7.78. The topological polar surface area (TPSA) is 27.6 Å². The maximum Gasteiger partial charge on any atom is 0.167 e. The van der Waals surface area contributed by atoms with E-state index in [9.17, 15) is 0 Å². The zero-order valence-electron chi connectivity index (χ0n) is 9.77. The molecule has 0 saturated carbocycles. The van der Waals surface area contributed by atoms with Crippen LogP contribution in [0.2, 0.25) is 0 Å². The monoisotopic (exact) mass is 214 g/mol. The van der Waals surface area contributed by atoms with Crippen LogP contribution in [-0.2, 0) is 0 Å². The molecular formula is C14H18N2+. The molecule has 0 fully saturated rings. The Bertz CT molecular complexity index is 376. The van der Waals surface area contributed by atoms with Crippen LogP contribution in [0.1, 0.15) is 5.56 Å². The van der Waals surface area contributed by atoms with E-state index in [2.05, 4.69) is 66.1 Å². The van der Waals surface area contributed by atoms with E-state index in [1.165, 1.54) is 5.56 Å². The molecular weight excluding hydrogens is 196 g/mol. The van der Waals surface area contributed by atoms with Crippen molar-refractivity contribution in [3.8, 4) is 0 Å². The molecule has 16 heavy (non-hydrogen) atoms. The maximum atomic E-state index is 3.45. The summed E-state index contributed by atoms with van der Waals surface area (Å²) in [5.74, 6) is 0. The van der Waals surface area contributed by atoms with Gasteiger partial charge in [-0.1, -0.05) is 29.8 Å². The Hall–Kier alpha value is -1.54. The van der Waals surface area contributed by atoms with Crippen LogP contribution in [0.25, 0.3) is 0 Å². The zero-order valence-corrected chi connectivity index (χ0v) is 9.77. The number of hydrogen-bond acceptors (Lipinski definition) is 2. The van der Waals surface area contributed by atoms with Gasteiger partial charge in [-0.25, -0.2) is 0 Å². The van der Waals surface area contributed by atoms with Gasteiger partial charge < -0.3 is 5.32 Å². The fourth-order valence-corrected chi connectivity index (χ4v) is 1.74. The number of hydrogen-bond donors (Lipinski definition) is 2. The average Bonchev–Trinajstić information content (AvgIpc) is 2.33. The first kappa shape index (κ1) is 11.0. The Balaban J connectivity index is 1.97. The molecule has 0 unspecified atom stereocenters. The second kappa shape index (κ2) is 4.99. The molecule has 0 atom stereocenters. The SMILES string of the molecule is C[NH+]C1C=CC(Nc2ccc(C)cc2)C=C1. The Morgan fingerprint density at radius 2 is 1.62 bits per heavy atom. The van der Waals surface area contributed by atoms with E-state index in [0.717, 1.165) is 5.69 Å². The number of benzene rings is 1. The maximum absolute atomic E-state index is 3.45. The third-order valence-electron chi connectivity index (χ3n) is 2.77. The van der Waals surface area contributed by atoms with Crippen LogP contribution in [0.4, 0.5) is 5.69 Å². The molecule has 1 aromatic carbocycles. The lowest BCUT2D eigenvalue weighted by Crippen LogP contribution is -2.85. The van der Waals surface area contributed by atoms with Crippen LogP contribution in [0, 0.1) is 6.92 Å². The Kier molecular flexibility index (Phi) is 3.42. The summed E-state index contributed by atoms with van der Waals surface area (Å²) in [5, 5.41) is 6.65. The van der Waals surface area contributed by atoms with E-state index in [1.54, 1.807) is 0 Å². The molecule has 0 heterocycles. The zero-order chi connectivity index (χ0) is 11.4. The largest absolute Gasteiger partial charge is 0.375 e. The van der Waals surface area contributed by atoms with Crippen molar-refractivity contribution in [2.45, 2.75) is 19.0 Å². The number of anilines is 1. The van der Waals surface area contributed by atoms with E-state index >= 15 is 0 Å². The molecule has 0 aromatic heterocycles. The Morgan fingerprint density at radius 3 is 2.19 bits per heavy atom. The van der Waals surface area contributed by atoms with Gasteiger partial charge in [-0.05, 0) is 31.2 Å². The molecule has 2 nitrogen and oxygen atoms in total. The van der Waals surface area contributed by atoms with Gasteiger partial charge in [0, 0.05) is 5.69 Å². The van der Waals surface area contributed by atoms with Gasteiger partial charge in [0.1, 0.15) is 7.05 Å². The summed E-state index contributed by atoms with van der Waals surface area (Å²) >= 11 is 0. The minimum Gasteiger partial charge on any atom is -0.375 e. The van der Waals surface area contributed by atoms with Crippen molar-refractivity contribution in [2.75, 3.05) is 12.4 Å². The molecule has 1 aromatic rings. The second-order valence-corrected chi connectivity index (χ2v) is 4.12. The first-order valence-corrected chi connectivity index (χ1v) is 5.65. The van der Waals surface area contributed by atoms with Crippen molar-refractivity contribution < 1.29 is 5.32 Å². The van der Waals surface area contributed by atoms with Crippen molar-refractivity contribution in [1.82, 2.24) is 0 Å². The van der Waals surface area contributed by atoms with Gasteiger partial charge in [-0.2, -0.15) is 5.32 Å². The predicted molar refractivity (Wildman–Crippen MR) is 67.5 cm³/mol. The summed E-state index contributed by atoms with van der Waals surface area (Å²) in [5.41, 5.74) is 2.45. The Labute approximate surface area is 97.1 Å². The second-order valence-electron chi connectivity index (χ2n) is 4.12. The van der Waals surface area contributed by atoms with Crippen molar-refractivity contribution >= 4 is 5.69 Å². The van der Waals surface area contributed by atoms with Gasteiger partial charge in [-0.15, -0.1) is 0 Å². The number of likely N-dealkylation sites (N-methyl/N-ethyl adjacent to an activating group) is 1. The van der Waals surface area contributed by atoms with Crippen molar-refractivity contribution in [2.24, 2.45) is 0 Å². The van der Waals surface area contributed by atoms with Gasteiger partial charge in [0.25, 0.3) is 0 Å². The Morgan fingerprint density at radius 1 is 1.00 bits per heavy atom. The highest BCUT2D eigenvalue weighted by atomic mass is 14.9. The summed E-state index contributed by atoms with van der Waals surface area (Å²) in [6.45, 7) is 2.10. The standard InChI is InChI=1S/C14H18N2/c1-11-3-5-13(6-4-11)16-14-9-7-12(15-2)8-10-14/h3-10,12,14-16H,1-2H3/q+1. The first-order valence-electron chi connectivity index (χ1n) is 5.65. The lowest BCUT2D eigenvalue weighted by atomic mass is 10.1. The molecule has 1 aliphatic rings. The van der Waals surface area contributed by atoms with Crippen LogP contribution < -0.4 is 10.6 Å². The highest BCUT2D eigenvalue weighted by Crippen LogP contribution is 2.12. The average molecular weight is 214 g/mol. The van der Waals surface area contributed by atoms with Crippen LogP contribution in [-0.4, -0.2) is 19.1 Å². The summed E-state index contributed by atoms with van der Waals surface area (Å²) in [6, 6.07) is 9.13. The summed E-state index contributed by atoms with van der Waals surface area (Å²) in [6.07, 6.45) is 8.71.